The van der Waals surface area contributed by atoms with Crippen molar-refractivity contribution in [1.29, 1.82) is 0 Å². The molecule has 0 aliphatic rings. The van der Waals surface area contributed by atoms with Gasteiger partial charge in [0.15, 0.2) is 17.3 Å². The molecule has 0 amide bonds. The summed E-state index contributed by atoms with van der Waals surface area (Å²) < 4.78 is 43.6. The van der Waals surface area contributed by atoms with Gasteiger partial charge in [-0.15, -0.1) is 0 Å². The molecule has 5 nitrogen and oxygen atoms in total. The Kier molecular flexibility index (Phi) is 5.59. The van der Waals surface area contributed by atoms with Crippen LogP contribution in [0.2, 0.25) is 0 Å². The number of pyridine rings is 1. The van der Waals surface area contributed by atoms with E-state index in [0.29, 0.717) is 41.3 Å². The summed E-state index contributed by atoms with van der Waals surface area (Å²) in [5.41, 5.74) is 1.65. The van der Waals surface area contributed by atoms with Gasteiger partial charge in [-0.2, -0.15) is 0 Å². The summed E-state index contributed by atoms with van der Waals surface area (Å²) in [5.74, 6) is 0.372. The van der Waals surface area contributed by atoms with Crippen LogP contribution in [0.1, 0.15) is 5.56 Å². The molecule has 0 atom stereocenters. The minimum absolute atomic E-state index is 0.130. The Labute approximate surface area is 155 Å². The van der Waals surface area contributed by atoms with Crippen LogP contribution >= 0.6 is 0 Å². The maximum absolute atomic E-state index is 13.9. The van der Waals surface area contributed by atoms with Gasteiger partial charge in [-0.3, -0.25) is 4.98 Å². The molecule has 1 heterocycles. The molecule has 0 spiro atoms. The van der Waals surface area contributed by atoms with E-state index < -0.39 is 11.6 Å². The lowest BCUT2D eigenvalue weighted by Gasteiger charge is -2.16. The van der Waals surface area contributed by atoms with Crippen molar-refractivity contribution in [3.63, 3.8) is 0 Å². The van der Waals surface area contributed by atoms with Crippen molar-refractivity contribution in [2.75, 3.05) is 33.2 Å². The molecule has 7 heteroatoms. The number of aromatic nitrogens is 1. The lowest BCUT2D eigenvalue weighted by Crippen LogP contribution is -2.08. The van der Waals surface area contributed by atoms with Gasteiger partial charge in [0.1, 0.15) is 11.3 Å². The van der Waals surface area contributed by atoms with E-state index in [4.69, 9.17) is 14.2 Å². The minimum Gasteiger partial charge on any atom is -0.493 e. The first-order valence-electron chi connectivity index (χ1n) is 8.34. The molecular weight excluding hydrogens is 354 g/mol. The fraction of sp³-hybridized carbons (Fsp3) is 0.250. The van der Waals surface area contributed by atoms with Gasteiger partial charge in [-0.05, 0) is 24.6 Å². The maximum Gasteiger partial charge on any atom is 0.203 e. The zero-order valence-corrected chi connectivity index (χ0v) is 15.3. The van der Waals surface area contributed by atoms with E-state index >= 15 is 0 Å². The van der Waals surface area contributed by atoms with Gasteiger partial charge in [0.2, 0.25) is 5.75 Å². The number of ether oxygens (including phenoxy) is 3. The first-order chi connectivity index (χ1) is 13.1. The molecule has 2 aromatic carbocycles. The van der Waals surface area contributed by atoms with E-state index in [9.17, 15) is 8.78 Å². The molecule has 0 bridgehead atoms. The third-order valence-electron chi connectivity index (χ3n) is 4.26. The monoisotopic (exact) mass is 374 g/mol. The predicted molar refractivity (Wildman–Crippen MR) is 100.0 cm³/mol. The Morgan fingerprint density at radius 1 is 0.963 bits per heavy atom. The van der Waals surface area contributed by atoms with E-state index in [2.05, 4.69) is 10.3 Å². The van der Waals surface area contributed by atoms with E-state index in [1.165, 1.54) is 12.3 Å². The highest BCUT2D eigenvalue weighted by Crippen LogP contribution is 2.39. The quantitative estimate of drug-likeness (QED) is 0.672. The normalized spacial score (nSPS) is 10.7. The number of hydrogen-bond donors (Lipinski definition) is 1. The van der Waals surface area contributed by atoms with Gasteiger partial charge in [0, 0.05) is 35.4 Å². The van der Waals surface area contributed by atoms with Gasteiger partial charge in [0.25, 0.3) is 0 Å². The van der Waals surface area contributed by atoms with Crippen LogP contribution in [0.5, 0.6) is 17.2 Å². The average Bonchev–Trinajstić information content (AvgIpc) is 2.67. The van der Waals surface area contributed by atoms with Crippen LogP contribution in [0.25, 0.3) is 10.9 Å². The van der Waals surface area contributed by atoms with E-state index in [0.717, 1.165) is 11.6 Å². The molecule has 27 heavy (non-hydrogen) atoms. The fourth-order valence-corrected chi connectivity index (χ4v) is 3.02. The number of fused-ring (bicyclic) bond motifs is 1. The summed E-state index contributed by atoms with van der Waals surface area (Å²) in [6, 6.07) is 7.49. The molecule has 0 unspecified atom stereocenters. The minimum atomic E-state index is -0.685. The molecule has 1 N–H and O–H groups in total. The first kappa shape index (κ1) is 18.7. The highest BCUT2D eigenvalue weighted by atomic mass is 19.1. The summed E-state index contributed by atoms with van der Waals surface area (Å²) in [7, 11) is 4.68. The Bertz CT molecular complexity index is 964. The van der Waals surface area contributed by atoms with Crippen molar-refractivity contribution < 1.29 is 23.0 Å². The van der Waals surface area contributed by atoms with Crippen molar-refractivity contribution in [2.45, 2.75) is 6.42 Å². The predicted octanol–water partition coefficient (Wildman–Crippen LogP) is 4.19. The van der Waals surface area contributed by atoms with Crippen LogP contribution < -0.4 is 19.5 Å². The van der Waals surface area contributed by atoms with Crippen molar-refractivity contribution >= 4 is 16.6 Å². The Morgan fingerprint density at radius 2 is 1.74 bits per heavy atom. The van der Waals surface area contributed by atoms with Crippen LogP contribution in [0, 0.1) is 11.6 Å². The summed E-state index contributed by atoms with van der Waals surface area (Å²) in [4.78, 5) is 3.99. The van der Waals surface area contributed by atoms with E-state index in [1.807, 2.05) is 12.1 Å². The van der Waals surface area contributed by atoms with Crippen molar-refractivity contribution in [3.05, 3.63) is 53.7 Å². The van der Waals surface area contributed by atoms with Crippen LogP contribution in [0.3, 0.4) is 0 Å². The molecule has 0 aliphatic heterocycles. The Hall–Kier alpha value is -3.09. The second-order valence-electron chi connectivity index (χ2n) is 5.81. The fourth-order valence-electron chi connectivity index (χ4n) is 3.02. The van der Waals surface area contributed by atoms with Gasteiger partial charge in [-0.25, -0.2) is 8.78 Å². The Balaban J connectivity index is 1.82. The number of methoxy groups -OCH3 is 3. The molecule has 0 aliphatic carbocycles. The van der Waals surface area contributed by atoms with Crippen LogP contribution in [-0.2, 0) is 6.42 Å². The largest absolute Gasteiger partial charge is 0.493 e. The second kappa shape index (κ2) is 8.07. The van der Waals surface area contributed by atoms with Crippen molar-refractivity contribution in [1.82, 2.24) is 4.98 Å². The van der Waals surface area contributed by atoms with Crippen molar-refractivity contribution in [3.8, 4) is 17.2 Å². The molecule has 0 saturated heterocycles. The van der Waals surface area contributed by atoms with Gasteiger partial charge in [0.05, 0.1) is 21.3 Å². The van der Waals surface area contributed by atoms with Crippen molar-refractivity contribution in [2.24, 2.45) is 0 Å². The molecule has 0 fully saturated rings. The average molecular weight is 374 g/mol. The third-order valence-corrected chi connectivity index (χ3v) is 4.26. The van der Waals surface area contributed by atoms with Crippen LogP contribution in [0.4, 0.5) is 14.5 Å². The molecule has 0 radical (unpaired) electrons. The molecule has 142 valence electrons. The summed E-state index contributed by atoms with van der Waals surface area (Å²) >= 11 is 0. The standard InChI is InChI=1S/C20H20F2N2O3/c1-25-17-5-4-12(19(26-2)20(17)27-3)6-8-23-16-7-9-24-18-14(16)10-13(21)11-15(18)22/h4-5,7,9-11H,6,8H2,1-3H3,(H,23,24). The highest BCUT2D eigenvalue weighted by Gasteiger charge is 2.15. The van der Waals surface area contributed by atoms with Crippen LogP contribution in [-0.4, -0.2) is 32.9 Å². The lowest BCUT2D eigenvalue weighted by atomic mass is 10.1. The number of nitrogens with zero attached hydrogens (tertiary/aromatic N) is 1. The molecular formula is C20H20F2N2O3. The zero-order chi connectivity index (χ0) is 19.4. The molecule has 0 saturated carbocycles. The molecule has 3 rings (SSSR count). The summed E-state index contributed by atoms with van der Waals surface area (Å²) in [6.07, 6.45) is 2.09. The summed E-state index contributed by atoms with van der Waals surface area (Å²) in [5, 5.41) is 3.60. The number of benzene rings is 2. The second-order valence-corrected chi connectivity index (χ2v) is 5.81. The van der Waals surface area contributed by atoms with Gasteiger partial charge in [-0.1, -0.05) is 6.07 Å². The van der Waals surface area contributed by atoms with Gasteiger partial charge < -0.3 is 19.5 Å². The third kappa shape index (κ3) is 3.72. The first-order valence-corrected chi connectivity index (χ1v) is 8.34. The number of nitrogens with one attached hydrogen (secondary N) is 1. The number of halogens is 2. The lowest BCUT2D eigenvalue weighted by molar-refractivity contribution is 0.322. The topological polar surface area (TPSA) is 52.6 Å². The molecule has 1 aromatic heterocycles. The zero-order valence-electron chi connectivity index (χ0n) is 15.3. The van der Waals surface area contributed by atoms with Gasteiger partial charge >= 0.3 is 0 Å². The smallest absolute Gasteiger partial charge is 0.203 e. The number of rotatable bonds is 7. The Morgan fingerprint density at radius 3 is 2.44 bits per heavy atom. The molecule has 3 aromatic rings. The summed E-state index contributed by atoms with van der Waals surface area (Å²) in [6.45, 7) is 0.517. The number of hydrogen-bond acceptors (Lipinski definition) is 5. The maximum atomic E-state index is 13.9. The highest BCUT2D eigenvalue weighted by molar-refractivity contribution is 5.91. The number of anilines is 1. The van der Waals surface area contributed by atoms with E-state index in [1.54, 1.807) is 27.4 Å². The van der Waals surface area contributed by atoms with Crippen LogP contribution in [0.15, 0.2) is 36.5 Å². The van der Waals surface area contributed by atoms with E-state index in [-0.39, 0.29) is 5.52 Å². The SMILES string of the molecule is COc1ccc(CCNc2ccnc3c(F)cc(F)cc23)c(OC)c1OC.